The summed E-state index contributed by atoms with van der Waals surface area (Å²) in [5.74, 6) is 0.428. The van der Waals surface area contributed by atoms with Gasteiger partial charge in [-0.05, 0) is 24.6 Å². The van der Waals surface area contributed by atoms with Crippen LogP contribution in [0.5, 0.6) is 11.5 Å². The number of carboxylic acids is 1. The zero-order valence-electron chi connectivity index (χ0n) is 10.6. The molecular formula is C14H16O4. The first-order valence-corrected chi connectivity index (χ1v) is 5.38. The van der Waals surface area contributed by atoms with E-state index < -0.39 is 5.97 Å². The summed E-state index contributed by atoms with van der Waals surface area (Å²) in [6, 6.07) is 5.49. The Balaban J connectivity index is 3.04. The van der Waals surface area contributed by atoms with Gasteiger partial charge in [0.2, 0.25) is 0 Å². The highest BCUT2D eigenvalue weighted by atomic mass is 16.5. The lowest BCUT2D eigenvalue weighted by molar-refractivity contribution is -0.131. The average molecular weight is 248 g/mol. The molecule has 0 fully saturated rings. The van der Waals surface area contributed by atoms with Crippen molar-refractivity contribution in [2.24, 2.45) is 0 Å². The predicted molar refractivity (Wildman–Crippen MR) is 70.0 cm³/mol. The van der Waals surface area contributed by atoms with Crippen LogP contribution in [-0.4, -0.2) is 25.3 Å². The molecule has 0 unspecified atom stereocenters. The standard InChI is InChI=1S/C14H16O4/c1-10(5-4-6-14(15)16)12-8-7-11(17-2)9-13(12)18-3/h4-9H,1-3H3,(H,15,16). The summed E-state index contributed by atoms with van der Waals surface area (Å²) < 4.78 is 10.4. The van der Waals surface area contributed by atoms with E-state index in [-0.39, 0.29) is 0 Å². The summed E-state index contributed by atoms with van der Waals surface area (Å²) in [7, 11) is 3.17. The van der Waals surface area contributed by atoms with Crippen molar-refractivity contribution in [3.8, 4) is 11.5 Å². The van der Waals surface area contributed by atoms with Gasteiger partial charge in [-0.1, -0.05) is 12.2 Å². The van der Waals surface area contributed by atoms with Gasteiger partial charge in [0, 0.05) is 17.7 Å². The number of aliphatic carboxylic acids is 1. The molecule has 0 aliphatic rings. The molecular weight excluding hydrogens is 232 g/mol. The molecule has 0 heterocycles. The van der Waals surface area contributed by atoms with Gasteiger partial charge in [-0.2, -0.15) is 0 Å². The second-order valence-electron chi connectivity index (χ2n) is 3.61. The van der Waals surface area contributed by atoms with Gasteiger partial charge in [0.1, 0.15) is 11.5 Å². The Morgan fingerprint density at radius 3 is 2.56 bits per heavy atom. The summed E-state index contributed by atoms with van der Waals surface area (Å²) in [5.41, 5.74) is 1.81. The number of rotatable bonds is 5. The summed E-state index contributed by atoms with van der Waals surface area (Å²) in [6.45, 7) is 1.89. The largest absolute Gasteiger partial charge is 0.497 e. The van der Waals surface area contributed by atoms with Gasteiger partial charge in [0.25, 0.3) is 0 Å². The molecule has 1 rings (SSSR count). The lowest BCUT2D eigenvalue weighted by Crippen LogP contribution is -1.92. The second kappa shape index (κ2) is 6.49. The molecule has 0 atom stereocenters. The van der Waals surface area contributed by atoms with Crippen LogP contribution in [0.1, 0.15) is 12.5 Å². The van der Waals surface area contributed by atoms with Crippen LogP contribution in [-0.2, 0) is 4.79 Å². The van der Waals surface area contributed by atoms with Gasteiger partial charge < -0.3 is 14.6 Å². The van der Waals surface area contributed by atoms with Crippen molar-refractivity contribution in [1.82, 2.24) is 0 Å². The van der Waals surface area contributed by atoms with Crippen molar-refractivity contribution in [3.05, 3.63) is 42.0 Å². The number of carboxylic acid groups (broad SMARTS) is 1. The lowest BCUT2D eigenvalue weighted by Gasteiger charge is -2.10. The Morgan fingerprint density at radius 1 is 1.28 bits per heavy atom. The molecule has 0 aromatic heterocycles. The van der Waals surface area contributed by atoms with Crippen LogP contribution in [0.15, 0.2) is 36.4 Å². The number of benzene rings is 1. The maximum Gasteiger partial charge on any atom is 0.328 e. The van der Waals surface area contributed by atoms with E-state index >= 15 is 0 Å². The van der Waals surface area contributed by atoms with Gasteiger partial charge in [-0.25, -0.2) is 4.79 Å². The van der Waals surface area contributed by atoms with Gasteiger partial charge in [0.15, 0.2) is 0 Å². The van der Waals surface area contributed by atoms with Gasteiger partial charge in [0.05, 0.1) is 14.2 Å². The summed E-state index contributed by atoms with van der Waals surface area (Å²) in [5, 5.41) is 8.51. The van der Waals surface area contributed by atoms with Crippen molar-refractivity contribution in [3.63, 3.8) is 0 Å². The summed E-state index contributed by atoms with van der Waals surface area (Å²) >= 11 is 0. The van der Waals surface area contributed by atoms with Crippen LogP contribution in [0.3, 0.4) is 0 Å². The van der Waals surface area contributed by atoms with Crippen molar-refractivity contribution in [2.75, 3.05) is 14.2 Å². The third-order valence-corrected chi connectivity index (χ3v) is 2.42. The number of ether oxygens (including phenoxy) is 2. The molecule has 96 valence electrons. The Morgan fingerprint density at radius 2 is 2.00 bits per heavy atom. The minimum Gasteiger partial charge on any atom is -0.497 e. The topological polar surface area (TPSA) is 55.8 Å². The normalized spacial score (nSPS) is 11.6. The molecule has 4 nitrogen and oxygen atoms in total. The number of allylic oxidation sites excluding steroid dienone is 3. The quantitative estimate of drug-likeness (QED) is 0.643. The molecule has 1 aromatic rings. The van der Waals surface area contributed by atoms with Crippen LogP contribution in [0.4, 0.5) is 0 Å². The minimum atomic E-state index is -0.972. The molecule has 1 aromatic carbocycles. The molecule has 18 heavy (non-hydrogen) atoms. The van der Waals surface area contributed by atoms with Gasteiger partial charge >= 0.3 is 5.97 Å². The molecule has 0 saturated heterocycles. The molecule has 0 aliphatic heterocycles. The predicted octanol–water partition coefficient (Wildman–Crippen LogP) is 2.75. The Bertz CT molecular complexity index is 487. The van der Waals surface area contributed by atoms with Gasteiger partial charge in [-0.15, -0.1) is 0 Å². The third-order valence-electron chi connectivity index (χ3n) is 2.42. The smallest absolute Gasteiger partial charge is 0.328 e. The monoisotopic (exact) mass is 248 g/mol. The molecule has 1 N–H and O–H groups in total. The maximum absolute atomic E-state index is 10.4. The van der Waals surface area contributed by atoms with Crippen molar-refractivity contribution in [1.29, 1.82) is 0 Å². The molecule has 0 spiro atoms. The van der Waals surface area contributed by atoms with Crippen molar-refractivity contribution >= 4 is 11.5 Å². The van der Waals surface area contributed by atoms with Crippen LogP contribution in [0.2, 0.25) is 0 Å². The van der Waals surface area contributed by atoms with E-state index in [1.54, 1.807) is 26.4 Å². The molecule has 4 heteroatoms. The molecule has 0 bridgehead atoms. The van der Waals surface area contributed by atoms with Crippen LogP contribution < -0.4 is 9.47 Å². The fraction of sp³-hybridized carbons (Fsp3) is 0.214. The lowest BCUT2D eigenvalue weighted by atomic mass is 10.1. The van der Waals surface area contributed by atoms with Crippen molar-refractivity contribution < 1.29 is 19.4 Å². The number of methoxy groups -OCH3 is 2. The van der Waals surface area contributed by atoms with E-state index in [2.05, 4.69) is 0 Å². The van der Waals surface area contributed by atoms with Gasteiger partial charge in [-0.3, -0.25) is 0 Å². The van der Waals surface area contributed by atoms with Crippen molar-refractivity contribution in [2.45, 2.75) is 6.92 Å². The van der Waals surface area contributed by atoms with E-state index in [0.29, 0.717) is 11.5 Å². The zero-order chi connectivity index (χ0) is 13.5. The van der Waals surface area contributed by atoms with E-state index in [1.165, 1.54) is 6.08 Å². The number of carbonyl (C=O) groups is 1. The average Bonchev–Trinajstić information content (AvgIpc) is 2.37. The molecule has 0 saturated carbocycles. The number of hydrogen-bond acceptors (Lipinski definition) is 3. The fourth-order valence-corrected chi connectivity index (χ4v) is 1.49. The zero-order valence-corrected chi connectivity index (χ0v) is 10.6. The minimum absolute atomic E-state index is 0.687. The van der Waals surface area contributed by atoms with E-state index in [0.717, 1.165) is 17.2 Å². The maximum atomic E-state index is 10.4. The first kappa shape index (κ1) is 13.8. The van der Waals surface area contributed by atoms with E-state index in [4.69, 9.17) is 14.6 Å². The molecule has 0 amide bonds. The highest BCUT2D eigenvalue weighted by Crippen LogP contribution is 2.29. The molecule has 0 aliphatic carbocycles. The first-order valence-electron chi connectivity index (χ1n) is 5.38. The second-order valence-corrected chi connectivity index (χ2v) is 3.61. The van der Waals surface area contributed by atoms with E-state index in [1.807, 2.05) is 19.1 Å². The van der Waals surface area contributed by atoms with Crippen LogP contribution >= 0.6 is 0 Å². The number of hydrogen-bond donors (Lipinski definition) is 1. The van der Waals surface area contributed by atoms with Crippen LogP contribution in [0.25, 0.3) is 5.57 Å². The fourth-order valence-electron chi connectivity index (χ4n) is 1.49. The van der Waals surface area contributed by atoms with Crippen LogP contribution in [0, 0.1) is 0 Å². The molecule has 0 radical (unpaired) electrons. The summed E-state index contributed by atoms with van der Waals surface area (Å²) in [6.07, 6.45) is 4.29. The van der Waals surface area contributed by atoms with E-state index in [9.17, 15) is 4.79 Å². The first-order chi connectivity index (χ1) is 8.58. The Hall–Kier alpha value is -2.23. The third kappa shape index (κ3) is 3.66. The highest BCUT2D eigenvalue weighted by Gasteiger charge is 2.05. The summed E-state index contributed by atoms with van der Waals surface area (Å²) in [4.78, 5) is 10.4. The Labute approximate surface area is 106 Å². The Kier molecular flexibility index (Phi) is 4.99. The highest BCUT2D eigenvalue weighted by molar-refractivity contribution is 5.81. The SMILES string of the molecule is COc1ccc(C(C)=CC=CC(=O)O)c(OC)c1.